The van der Waals surface area contributed by atoms with Crippen molar-refractivity contribution < 1.29 is 0 Å². The van der Waals surface area contributed by atoms with E-state index in [1.807, 2.05) is 12.1 Å². The Bertz CT molecular complexity index is 167. The average molecular weight is 195 g/mol. The molecule has 0 amide bonds. The van der Waals surface area contributed by atoms with Crippen LogP contribution in [0.4, 0.5) is 5.69 Å². The molecule has 1 aromatic heterocycles. The molecule has 0 aliphatic rings. The number of nitrogens with one attached hydrogen (secondary N) is 1. The molecule has 64 valence electrons. The molecule has 1 aromatic rings. The van der Waals surface area contributed by atoms with Gasteiger partial charge in [0, 0.05) is 24.6 Å². The Morgan fingerprint density at radius 2 is 1.82 bits per heavy atom. The van der Waals surface area contributed by atoms with Gasteiger partial charge in [0.25, 0.3) is 0 Å². The maximum atomic E-state index is 3.89. The summed E-state index contributed by atoms with van der Waals surface area (Å²) in [7, 11) is 0. The highest BCUT2D eigenvalue weighted by molar-refractivity contribution is 5.85. The third kappa shape index (κ3) is 4.87. The smallest absolute Gasteiger partial charge is 0.0370 e. The zero-order chi connectivity index (χ0) is 6.53. The van der Waals surface area contributed by atoms with Gasteiger partial charge in [0.15, 0.2) is 0 Å². The maximum absolute atomic E-state index is 3.89. The zero-order valence-electron chi connectivity index (χ0n) is 6.28. The van der Waals surface area contributed by atoms with E-state index in [2.05, 4.69) is 17.2 Å². The summed E-state index contributed by atoms with van der Waals surface area (Å²) in [6.45, 7) is 3.03. The van der Waals surface area contributed by atoms with Crippen molar-refractivity contribution in [3.8, 4) is 0 Å². The van der Waals surface area contributed by atoms with E-state index in [9.17, 15) is 0 Å². The van der Waals surface area contributed by atoms with Gasteiger partial charge in [-0.15, -0.1) is 24.8 Å². The zero-order valence-corrected chi connectivity index (χ0v) is 7.91. The number of rotatable bonds is 2. The fourth-order valence-corrected chi connectivity index (χ4v) is 0.674. The van der Waals surface area contributed by atoms with E-state index < -0.39 is 0 Å². The van der Waals surface area contributed by atoms with Crippen molar-refractivity contribution in [3.63, 3.8) is 0 Å². The second-order valence-corrected chi connectivity index (χ2v) is 1.77. The minimum atomic E-state index is 0. The first-order valence-electron chi connectivity index (χ1n) is 3.07. The molecular weight excluding hydrogens is 183 g/mol. The molecule has 1 heterocycles. The molecule has 0 atom stereocenters. The third-order valence-corrected chi connectivity index (χ3v) is 1.06. The van der Waals surface area contributed by atoms with Crippen molar-refractivity contribution in [2.45, 2.75) is 6.92 Å². The lowest BCUT2D eigenvalue weighted by Crippen LogP contribution is -1.95. The van der Waals surface area contributed by atoms with Crippen LogP contribution in [-0.4, -0.2) is 11.5 Å². The number of hydrogen-bond acceptors (Lipinski definition) is 2. The second kappa shape index (κ2) is 7.63. The third-order valence-electron chi connectivity index (χ3n) is 1.06. The Labute approximate surface area is 79.2 Å². The first-order chi connectivity index (χ1) is 4.43. The standard InChI is InChI=1S/C7H10N2.2ClH/c1-2-9-7-3-5-8-6-4-7;;/h3-6H,2H2,1H3,(H,8,9);2*1H. The van der Waals surface area contributed by atoms with E-state index >= 15 is 0 Å². The van der Waals surface area contributed by atoms with Crippen LogP contribution in [0, 0.1) is 0 Å². The van der Waals surface area contributed by atoms with Crippen LogP contribution in [0.2, 0.25) is 0 Å². The lowest BCUT2D eigenvalue weighted by molar-refractivity contribution is 1.20. The summed E-state index contributed by atoms with van der Waals surface area (Å²) < 4.78 is 0. The number of nitrogens with zero attached hydrogens (tertiary/aromatic N) is 1. The second-order valence-electron chi connectivity index (χ2n) is 1.77. The predicted molar refractivity (Wildman–Crippen MR) is 52.9 cm³/mol. The van der Waals surface area contributed by atoms with Crippen LogP contribution < -0.4 is 5.32 Å². The minimum absolute atomic E-state index is 0. The van der Waals surface area contributed by atoms with E-state index in [4.69, 9.17) is 0 Å². The van der Waals surface area contributed by atoms with Crippen LogP contribution in [-0.2, 0) is 0 Å². The molecule has 1 rings (SSSR count). The quantitative estimate of drug-likeness (QED) is 0.783. The van der Waals surface area contributed by atoms with E-state index in [0.29, 0.717) is 0 Å². The van der Waals surface area contributed by atoms with Crippen molar-refractivity contribution in [2.75, 3.05) is 11.9 Å². The summed E-state index contributed by atoms with van der Waals surface area (Å²) in [5.74, 6) is 0. The van der Waals surface area contributed by atoms with Crippen molar-refractivity contribution in [1.29, 1.82) is 0 Å². The fraction of sp³-hybridized carbons (Fsp3) is 0.286. The molecule has 0 aromatic carbocycles. The van der Waals surface area contributed by atoms with Crippen LogP contribution in [0.3, 0.4) is 0 Å². The number of hydrogen-bond donors (Lipinski definition) is 1. The van der Waals surface area contributed by atoms with Gasteiger partial charge in [-0.3, -0.25) is 4.98 Å². The van der Waals surface area contributed by atoms with Crippen molar-refractivity contribution in [1.82, 2.24) is 4.98 Å². The highest BCUT2D eigenvalue weighted by Gasteiger charge is 1.82. The van der Waals surface area contributed by atoms with Crippen LogP contribution >= 0.6 is 24.8 Å². The monoisotopic (exact) mass is 194 g/mol. The first kappa shape index (κ1) is 13.1. The van der Waals surface area contributed by atoms with Gasteiger partial charge in [-0.05, 0) is 19.1 Å². The van der Waals surface area contributed by atoms with Crippen molar-refractivity contribution in [3.05, 3.63) is 24.5 Å². The molecule has 0 bridgehead atoms. The normalized spacial score (nSPS) is 7.36. The van der Waals surface area contributed by atoms with Crippen LogP contribution in [0.15, 0.2) is 24.5 Å². The lowest BCUT2D eigenvalue weighted by Gasteiger charge is -1.98. The van der Waals surface area contributed by atoms with Gasteiger partial charge in [0.2, 0.25) is 0 Å². The summed E-state index contributed by atoms with van der Waals surface area (Å²) in [6.07, 6.45) is 3.55. The van der Waals surface area contributed by atoms with E-state index in [1.54, 1.807) is 12.4 Å². The molecule has 11 heavy (non-hydrogen) atoms. The number of anilines is 1. The van der Waals surface area contributed by atoms with Gasteiger partial charge in [-0.1, -0.05) is 0 Å². The van der Waals surface area contributed by atoms with Crippen LogP contribution in [0.5, 0.6) is 0 Å². The minimum Gasteiger partial charge on any atom is -0.385 e. The molecule has 0 saturated heterocycles. The average Bonchev–Trinajstić information content (AvgIpc) is 1.91. The van der Waals surface area contributed by atoms with Gasteiger partial charge in [0.05, 0.1) is 0 Å². The fourth-order valence-electron chi connectivity index (χ4n) is 0.674. The Hall–Kier alpha value is -0.470. The van der Waals surface area contributed by atoms with Crippen LogP contribution in [0.1, 0.15) is 6.92 Å². The summed E-state index contributed by atoms with van der Waals surface area (Å²) in [4.78, 5) is 3.89. The number of halogens is 2. The van der Waals surface area contributed by atoms with Crippen LogP contribution in [0.25, 0.3) is 0 Å². The molecule has 1 N–H and O–H groups in total. The predicted octanol–water partition coefficient (Wildman–Crippen LogP) is 2.36. The van der Waals surface area contributed by atoms with E-state index in [-0.39, 0.29) is 24.8 Å². The summed E-state index contributed by atoms with van der Waals surface area (Å²) in [5, 5.41) is 3.17. The molecule has 2 nitrogen and oxygen atoms in total. The Kier molecular flexibility index (Phi) is 9.12. The highest BCUT2D eigenvalue weighted by atomic mass is 35.5. The maximum Gasteiger partial charge on any atom is 0.0370 e. The molecule has 4 heteroatoms. The Morgan fingerprint density at radius 3 is 2.27 bits per heavy atom. The van der Waals surface area contributed by atoms with Gasteiger partial charge in [0.1, 0.15) is 0 Å². The van der Waals surface area contributed by atoms with Crippen molar-refractivity contribution in [2.24, 2.45) is 0 Å². The van der Waals surface area contributed by atoms with Gasteiger partial charge in [-0.25, -0.2) is 0 Å². The van der Waals surface area contributed by atoms with Gasteiger partial charge >= 0.3 is 0 Å². The molecule has 0 fully saturated rings. The summed E-state index contributed by atoms with van der Waals surface area (Å²) >= 11 is 0. The largest absolute Gasteiger partial charge is 0.385 e. The lowest BCUT2D eigenvalue weighted by atomic mass is 10.4. The molecule has 0 radical (unpaired) electrons. The van der Waals surface area contributed by atoms with Crippen molar-refractivity contribution >= 4 is 30.5 Å². The van der Waals surface area contributed by atoms with Gasteiger partial charge in [-0.2, -0.15) is 0 Å². The van der Waals surface area contributed by atoms with E-state index in [0.717, 1.165) is 12.2 Å². The first-order valence-corrected chi connectivity index (χ1v) is 3.07. The molecule has 0 saturated carbocycles. The summed E-state index contributed by atoms with van der Waals surface area (Å²) in [6, 6.07) is 3.90. The van der Waals surface area contributed by atoms with Gasteiger partial charge < -0.3 is 5.32 Å². The SMILES string of the molecule is CCNc1ccncc1.Cl.Cl. The Morgan fingerprint density at radius 1 is 1.27 bits per heavy atom. The Balaban J connectivity index is 0. The molecule has 0 spiro atoms. The highest BCUT2D eigenvalue weighted by Crippen LogP contribution is 2.00. The molecule has 0 unspecified atom stereocenters. The molecular formula is C7H12Cl2N2. The number of aromatic nitrogens is 1. The number of pyridine rings is 1. The summed E-state index contributed by atoms with van der Waals surface area (Å²) in [5.41, 5.74) is 1.13. The molecule has 0 aliphatic heterocycles. The molecule has 0 aliphatic carbocycles. The van der Waals surface area contributed by atoms with E-state index in [1.165, 1.54) is 0 Å². The topological polar surface area (TPSA) is 24.9 Å².